The third-order valence-corrected chi connectivity index (χ3v) is 5.83. The molecule has 1 heterocycles. The first-order valence-corrected chi connectivity index (χ1v) is 9.39. The average molecular weight is 362 g/mol. The number of sulfonamides is 1. The third-order valence-electron chi connectivity index (χ3n) is 4.02. The molecule has 2 aromatic carbocycles. The SMILES string of the molecule is CN(Cc1cccc(S(=O)(=O)N(C)C)c1)Cc1ccc2c(c1)OCO2. The van der Waals surface area contributed by atoms with E-state index in [4.69, 9.17) is 9.47 Å². The standard InChI is InChI=1S/C18H22N2O4S/c1-19(2)25(21,22)16-6-4-5-14(9-16)11-20(3)12-15-7-8-17-18(10-15)24-13-23-17/h4-10H,11-13H2,1-3H3. The first-order chi connectivity index (χ1) is 11.9. The summed E-state index contributed by atoms with van der Waals surface area (Å²) in [6.07, 6.45) is 0. The lowest BCUT2D eigenvalue weighted by molar-refractivity contribution is 0.174. The molecule has 2 aromatic rings. The minimum Gasteiger partial charge on any atom is -0.454 e. The van der Waals surface area contributed by atoms with Gasteiger partial charge in [-0.05, 0) is 42.4 Å². The Morgan fingerprint density at radius 3 is 2.32 bits per heavy atom. The summed E-state index contributed by atoms with van der Waals surface area (Å²) in [5, 5.41) is 0. The van der Waals surface area contributed by atoms with Crippen LogP contribution >= 0.6 is 0 Å². The average Bonchev–Trinajstić information content (AvgIpc) is 3.02. The van der Waals surface area contributed by atoms with Gasteiger partial charge in [0.2, 0.25) is 16.8 Å². The predicted octanol–water partition coefficient (Wildman–Crippen LogP) is 2.30. The van der Waals surface area contributed by atoms with Gasteiger partial charge < -0.3 is 9.47 Å². The van der Waals surface area contributed by atoms with Gasteiger partial charge in [-0.1, -0.05) is 18.2 Å². The van der Waals surface area contributed by atoms with E-state index < -0.39 is 10.0 Å². The second kappa shape index (κ2) is 7.03. The van der Waals surface area contributed by atoms with E-state index in [-0.39, 0.29) is 6.79 Å². The molecule has 134 valence electrons. The zero-order valence-corrected chi connectivity index (χ0v) is 15.4. The van der Waals surface area contributed by atoms with Crippen LogP contribution in [0.25, 0.3) is 0 Å². The molecule has 0 unspecified atom stereocenters. The van der Waals surface area contributed by atoms with E-state index in [1.165, 1.54) is 18.4 Å². The maximum atomic E-state index is 12.3. The molecule has 3 rings (SSSR count). The Bertz CT molecular complexity index is 865. The van der Waals surface area contributed by atoms with Crippen LogP contribution in [0.1, 0.15) is 11.1 Å². The highest BCUT2D eigenvalue weighted by Crippen LogP contribution is 2.32. The summed E-state index contributed by atoms with van der Waals surface area (Å²) >= 11 is 0. The molecule has 0 N–H and O–H groups in total. The molecule has 0 aliphatic carbocycles. The summed E-state index contributed by atoms with van der Waals surface area (Å²) in [5.41, 5.74) is 2.06. The van der Waals surface area contributed by atoms with E-state index in [0.717, 1.165) is 29.2 Å². The van der Waals surface area contributed by atoms with Crippen LogP contribution in [0.2, 0.25) is 0 Å². The van der Waals surface area contributed by atoms with E-state index in [1.54, 1.807) is 18.2 Å². The zero-order chi connectivity index (χ0) is 18.0. The van der Waals surface area contributed by atoms with Gasteiger partial charge in [0, 0.05) is 27.2 Å². The number of rotatable bonds is 6. The molecule has 6 nitrogen and oxygen atoms in total. The van der Waals surface area contributed by atoms with Crippen LogP contribution in [-0.2, 0) is 23.1 Å². The summed E-state index contributed by atoms with van der Waals surface area (Å²) in [5.74, 6) is 1.54. The van der Waals surface area contributed by atoms with Crippen LogP contribution in [0.5, 0.6) is 11.5 Å². The van der Waals surface area contributed by atoms with Crippen LogP contribution in [0.4, 0.5) is 0 Å². The molecule has 7 heteroatoms. The molecule has 0 saturated carbocycles. The topological polar surface area (TPSA) is 59.1 Å². The molecule has 1 aliphatic heterocycles. The van der Waals surface area contributed by atoms with Crippen molar-refractivity contribution in [3.8, 4) is 11.5 Å². The molecule has 0 bridgehead atoms. The molecule has 25 heavy (non-hydrogen) atoms. The van der Waals surface area contributed by atoms with Crippen molar-refractivity contribution in [2.75, 3.05) is 27.9 Å². The molecule has 0 spiro atoms. The number of hydrogen-bond acceptors (Lipinski definition) is 5. The Hall–Kier alpha value is -2.09. The summed E-state index contributed by atoms with van der Waals surface area (Å²) in [6.45, 7) is 1.63. The maximum absolute atomic E-state index is 12.3. The molecule has 1 aliphatic rings. The van der Waals surface area contributed by atoms with Gasteiger partial charge in [-0.15, -0.1) is 0 Å². The molecule has 0 radical (unpaired) electrons. The van der Waals surface area contributed by atoms with Crippen molar-refractivity contribution in [1.82, 2.24) is 9.21 Å². The van der Waals surface area contributed by atoms with Gasteiger partial charge in [0.05, 0.1) is 4.90 Å². The highest BCUT2D eigenvalue weighted by atomic mass is 32.2. The van der Waals surface area contributed by atoms with Crippen LogP contribution in [0.3, 0.4) is 0 Å². The largest absolute Gasteiger partial charge is 0.454 e. The molecule has 0 atom stereocenters. The molecular formula is C18H22N2O4S. The Morgan fingerprint density at radius 2 is 1.60 bits per heavy atom. The summed E-state index contributed by atoms with van der Waals surface area (Å²) < 4.78 is 36.5. The molecule has 0 saturated heterocycles. The minimum absolute atomic E-state index is 0.266. The Balaban J connectivity index is 1.70. The highest BCUT2D eigenvalue weighted by molar-refractivity contribution is 7.89. The van der Waals surface area contributed by atoms with Crippen LogP contribution in [0.15, 0.2) is 47.4 Å². The fourth-order valence-corrected chi connectivity index (χ4v) is 3.71. The van der Waals surface area contributed by atoms with Gasteiger partial charge in [0.25, 0.3) is 0 Å². The van der Waals surface area contributed by atoms with Gasteiger partial charge in [-0.3, -0.25) is 4.90 Å². The van der Waals surface area contributed by atoms with Gasteiger partial charge >= 0.3 is 0 Å². The van der Waals surface area contributed by atoms with Crippen LogP contribution < -0.4 is 9.47 Å². The van der Waals surface area contributed by atoms with Crippen molar-refractivity contribution in [2.45, 2.75) is 18.0 Å². The van der Waals surface area contributed by atoms with Crippen molar-refractivity contribution in [3.05, 3.63) is 53.6 Å². The van der Waals surface area contributed by atoms with Crippen LogP contribution in [-0.4, -0.2) is 45.6 Å². The molecule has 0 aromatic heterocycles. The summed E-state index contributed by atoms with van der Waals surface area (Å²) in [4.78, 5) is 2.44. The first kappa shape index (κ1) is 17.7. The normalized spacial score (nSPS) is 13.6. The highest BCUT2D eigenvalue weighted by Gasteiger charge is 2.18. The lowest BCUT2D eigenvalue weighted by atomic mass is 10.1. The van der Waals surface area contributed by atoms with Crippen molar-refractivity contribution in [3.63, 3.8) is 0 Å². The second-order valence-corrected chi connectivity index (χ2v) is 8.45. The number of benzene rings is 2. The Kier molecular flexibility index (Phi) is 4.99. The van der Waals surface area contributed by atoms with E-state index in [1.807, 2.05) is 31.3 Å². The van der Waals surface area contributed by atoms with E-state index in [9.17, 15) is 8.42 Å². The smallest absolute Gasteiger partial charge is 0.242 e. The summed E-state index contributed by atoms with van der Waals surface area (Å²) in [7, 11) is 1.65. The monoisotopic (exact) mass is 362 g/mol. The maximum Gasteiger partial charge on any atom is 0.242 e. The number of ether oxygens (including phenoxy) is 2. The van der Waals surface area contributed by atoms with Crippen molar-refractivity contribution in [2.24, 2.45) is 0 Å². The second-order valence-electron chi connectivity index (χ2n) is 6.29. The molecular weight excluding hydrogens is 340 g/mol. The molecule has 0 amide bonds. The quantitative estimate of drug-likeness (QED) is 0.789. The molecule has 0 fully saturated rings. The Morgan fingerprint density at radius 1 is 0.920 bits per heavy atom. The lowest BCUT2D eigenvalue weighted by Crippen LogP contribution is -2.22. The van der Waals surface area contributed by atoms with Gasteiger partial charge in [0.1, 0.15) is 0 Å². The van der Waals surface area contributed by atoms with E-state index >= 15 is 0 Å². The predicted molar refractivity (Wildman–Crippen MR) is 95.1 cm³/mol. The van der Waals surface area contributed by atoms with Gasteiger partial charge in [0.15, 0.2) is 11.5 Å². The van der Waals surface area contributed by atoms with Crippen molar-refractivity contribution >= 4 is 10.0 Å². The van der Waals surface area contributed by atoms with Gasteiger partial charge in [-0.25, -0.2) is 12.7 Å². The van der Waals surface area contributed by atoms with Crippen molar-refractivity contribution in [1.29, 1.82) is 0 Å². The fourth-order valence-electron chi connectivity index (χ4n) is 2.73. The fraction of sp³-hybridized carbons (Fsp3) is 0.333. The lowest BCUT2D eigenvalue weighted by Gasteiger charge is -2.18. The van der Waals surface area contributed by atoms with Gasteiger partial charge in [-0.2, -0.15) is 0 Å². The first-order valence-electron chi connectivity index (χ1n) is 7.95. The minimum atomic E-state index is -3.42. The van der Waals surface area contributed by atoms with Crippen LogP contribution in [0, 0.1) is 0 Å². The number of nitrogens with zero attached hydrogens (tertiary/aromatic N) is 2. The zero-order valence-electron chi connectivity index (χ0n) is 14.6. The number of hydrogen-bond donors (Lipinski definition) is 0. The van der Waals surface area contributed by atoms with E-state index in [2.05, 4.69) is 4.90 Å². The Labute approximate surface area is 148 Å². The third kappa shape index (κ3) is 3.95. The van der Waals surface area contributed by atoms with E-state index in [0.29, 0.717) is 11.4 Å². The summed E-state index contributed by atoms with van der Waals surface area (Å²) in [6, 6.07) is 13.0. The number of fused-ring (bicyclic) bond motifs is 1. The van der Waals surface area contributed by atoms with Crippen molar-refractivity contribution < 1.29 is 17.9 Å².